The third-order valence-corrected chi connectivity index (χ3v) is 2.88. The van der Waals surface area contributed by atoms with Gasteiger partial charge in [0.15, 0.2) is 0 Å². The summed E-state index contributed by atoms with van der Waals surface area (Å²) in [5.74, 6) is -0.833. The third-order valence-electron chi connectivity index (χ3n) is 2.88. The van der Waals surface area contributed by atoms with E-state index < -0.39 is 12.0 Å². The molecule has 1 saturated heterocycles. The maximum Gasteiger partial charge on any atom is 0.321 e. The Labute approximate surface area is 90.1 Å². The topological polar surface area (TPSA) is 78.8 Å². The predicted molar refractivity (Wildman–Crippen MR) is 55.7 cm³/mol. The van der Waals surface area contributed by atoms with Crippen LogP contribution in [0.4, 0.5) is 0 Å². The third kappa shape index (κ3) is 3.19. The molecular formula is C9H17BNO4. The first-order valence-corrected chi connectivity index (χ1v) is 5.15. The Bertz CT molecular complexity index is 214. The minimum atomic E-state index is -0.826. The molecule has 85 valence electrons. The molecule has 5 nitrogen and oxygen atoms in total. The van der Waals surface area contributed by atoms with Crippen molar-refractivity contribution in [3.05, 3.63) is 0 Å². The van der Waals surface area contributed by atoms with Crippen molar-refractivity contribution in [2.75, 3.05) is 13.7 Å². The Morgan fingerprint density at radius 1 is 1.67 bits per heavy atom. The largest absolute Gasteiger partial charge is 0.480 e. The van der Waals surface area contributed by atoms with E-state index in [1.54, 1.807) is 7.11 Å². The van der Waals surface area contributed by atoms with Crippen LogP contribution in [0.1, 0.15) is 12.8 Å². The Balaban J connectivity index is 2.48. The fraction of sp³-hybridized carbons (Fsp3) is 0.889. The molecule has 0 bridgehead atoms. The van der Waals surface area contributed by atoms with Crippen LogP contribution in [0.15, 0.2) is 0 Å². The lowest BCUT2D eigenvalue weighted by Crippen LogP contribution is -2.36. The van der Waals surface area contributed by atoms with Gasteiger partial charge in [-0.25, -0.2) is 0 Å². The van der Waals surface area contributed by atoms with Crippen LogP contribution in [0.25, 0.3) is 0 Å². The molecule has 1 aliphatic heterocycles. The van der Waals surface area contributed by atoms with E-state index in [4.69, 9.17) is 14.9 Å². The first-order chi connectivity index (χ1) is 7.20. The van der Waals surface area contributed by atoms with Crippen LogP contribution >= 0.6 is 0 Å². The summed E-state index contributed by atoms with van der Waals surface area (Å²) >= 11 is 0. The van der Waals surface area contributed by atoms with Crippen LogP contribution in [0.3, 0.4) is 0 Å². The fourth-order valence-corrected chi connectivity index (χ4v) is 2.09. The van der Waals surface area contributed by atoms with Gasteiger partial charge in [0, 0.05) is 19.6 Å². The number of carboxylic acid groups (broad SMARTS) is 1. The summed E-state index contributed by atoms with van der Waals surface area (Å²) in [5, 5.41) is 20.5. The lowest BCUT2D eigenvalue weighted by Gasteiger charge is -2.20. The second kappa shape index (κ2) is 6.10. The lowest BCUT2D eigenvalue weighted by atomic mass is 9.86. The van der Waals surface area contributed by atoms with E-state index in [1.165, 1.54) is 0 Å². The zero-order valence-electron chi connectivity index (χ0n) is 8.85. The molecule has 0 aromatic heterocycles. The van der Waals surface area contributed by atoms with Crippen molar-refractivity contribution in [2.24, 2.45) is 5.92 Å². The predicted octanol–water partition coefficient (Wildman–Crippen LogP) is -0.516. The van der Waals surface area contributed by atoms with Gasteiger partial charge < -0.3 is 20.2 Å². The number of rotatable bonds is 6. The van der Waals surface area contributed by atoms with Crippen LogP contribution in [0.2, 0.25) is 6.32 Å². The summed E-state index contributed by atoms with van der Waals surface area (Å²) in [7, 11) is 2.71. The van der Waals surface area contributed by atoms with Crippen molar-refractivity contribution >= 4 is 13.5 Å². The second-order valence-corrected chi connectivity index (χ2v) is 3.78. The molecule has 1 aliphatic rings. The normalized spacial score (nSPS) is 30.4. The number of carboxylic acids is 1. The Hall–Kier alpha value is -0.585. The first kappa shape index (κ1) is 12.5. The van der Waals surface area contributed by atoms with Crippen LogP contribution in [-0.4, -0.2) is 49.4 Å². The van der Waals surface area contributed by atoms with E-state index in [0.29, 0.717) is 12.9 Å². The van der Waals surface area contributed by atoms with Crippen molar-refractivity contribution in [2.45, 2.75) is 31.3 Å². The smallest absolute Gasteiger partial charge is 0.321 e. The first-order valence-electron chi connectivity index (χ1n) is 5.15. The van der Waals surface area contributed by atoms with Gasteiger partial charge in [0.1, 0.15) is 6.04 Å². The highest BCUT2D eigenvalue weighted by atomic mass is 16.5. The molecular weight excluding hydrogens is 197 g/mol. The Kier molecular flexibility index (Phi) is 5.07. The van der Waals surface area contributed by atoms with Gasteiger partial charge in [0.2, 0.25) is 0 Å². The van der Waals surface area contributed by atoms with Gasteiger partial charge in [-0.2, -0.15) is 0 Å². The molecule has 1 fully saturated rings. The summed E-state index contributed by atoms with van der Waals surface area (Å²) in [4.78, 5) is 10.9. The number of nitrogens with one attached hydrogen (secondary N) is 1. The molecule has 0 aromatic carbocycles. The molecule has 0 aliphatic carbocycles. The molecule has 15 heavy (non-hydrogen) atoms. The second-order valence-electron chi connectivity index (χ2n) is 3.78. The van der Waals surface area contributed by atoms with E-state index in [1.807, 2.05) is 0 Å². The quantitative estimate of drug-likeness (QED) is 0.409. The van der Waals surface area contributed by atoms with Crippen LogP contribution in [0, 0.1) is 5.92 Å². The standard InChI is InChI=1S/C9H17BNO4/c1-15-7-5-11-8(9(12)13)6(7)3-2-4-10-14/h6-8,11,14H,2-5H2,1H3,(H,12,13)/t6-,7+,8+/m1/s1. The summed E-state index contributed by atoms with van der Waals surface area (Å²) in [5.41, 5.74) is 0. The minimum Gasteiger partial charge on any atom is -0.480 e. The van der Waals surface area contributed by atoms with E-state index in [-0.39, 0.29) is 12.0 Å². The Morgan fingerprint density at radius 3 is 2.93 bits per heavy atom. The van der Waals surface area contributed by atoms with Gasteiger partial charge in [0.05, 0.1) is 6.10 Å². The molecule has 3 N–H and O–H groups in total. The van der Waals surface area contributed by atoms with Crippen LogP contribution < -0.4 is 5.32 Å². The van der Waals surface area contributed by atoms with Gasteiger partial charge in [-0.1, -0.05) is 12.7 Å². The molecule has 0 spiro atoms. The number of hydrogen-bond donors (Lipinski definition) is 3. The van der Waals surface area contributed by atoms with E-state index >= 15 is 0 Å². The van der Waals surface area contributed by atoms with Crippen LogP contribution in [0.5, 0.6) is 0 Å². The lowest BCUT2D eigenvalue weighted by molar-refractivity contribution is -0.140. The van der Waals surface area contributed by atoms with Gasteiger partial charge in [-0.05, 0) is 6.42 Å². The average Bonchev–Trinajstić information content (AvgIpc) is 2.61. The van der Waals surface area contributed by atoms with Crippen molar-refractivity contribution in [3.63, 3.8) is 0 Å². The van der Waals surface area contributed by atoms with Crippen LogP contribution in [-0.2, 0) is 9.53 Å². The summed E-state index contributed by atoms with van der Waals surface area (Å²) in [6, 6.07) is -0.520. The van der Waals surface area contributed by atoms with E-state index in [0.717, 1.165) is 20.3 Å². The summed E-state index contributed by atoms with van der Waals surface area (Å²) in [6.07, 6.45) is 2.09. The zero-order chi connectivity index (χ0) is 11.3. The van der Waals surface area contributed by atoms with Crippen molar-refractivity contribution in [1.29, 1.82) is 0 Å². The highest BCUT2D eigenvalue weighted by molar-refractivity contribution is 6.25. The molecule has 0 amide bonds. The maximum absolute atomic E-state index is 10.9. The monoisotopic (exact) mass is 214 g/mol. The van der Waals surface area contributed by atoms with Gasteiger partial charge in [-0.3, -0.25) is 4.79 Å². The molecule has 0 unspecified atom stereocenters. The highest BCUT2D eigenvalue weighted by Gasteiger charge is 2.39. The number of ether oxygens (including phenoxy) is 1. The minimum absolute atomic E-state index is 0.00699. The SMILES string of the molecule is CO[C@H]1CN[C@H](C(=O)O)[C@@H]1CCC[B]O. The van der Waals surface area contributed by atoms with E-state index in [9.17, 15) is 4.79 Å². The number of aliphatic carboxylic acids is 1. The average molecular weight is 214 g/mol. The molecule has 6 heteroatoms. The molecule has 1 heterocycles. The fourth-order valence-electron chi connectivity index (χ4n) is 2.09. The summed E-state index contributed by atoms with van der Waals surface area (Å²) in [6.45, 7) is 0.584. The molecule has 0 saturated carbocycles. The highest BCUT2D eigenvalue weighted by Crippen LogP contribution is 2.24. The molecule has 1 rings (SSSR count). The number of carbonyl (C=O) groups is 1. The number of methoxy groups -OCH3 is 1. The zero-order valence-corrected chi connectivity index (χ0v) is 8.85. The van der Waals surface area contributed by atoms with Gasteiger partial charge >= 0.3 is 5.97 Å². The van der Waals surface area contributed by atoms with Gasteiger partial charge in [-0.15, -0.1) is 0 Å². The number of hydrogen-bond acceptors (Lipinski definition) is 4. The molecule has 0 aromatic rings. The van der Waals surface area contributed by atoms with Gasteiger partial charge in [0.25, 0.3) is 7.48 Å². The van der Waals surface area contributed by atoms with Crippen molar-refractivity contribution in [3.8, 4) is 0 Å². The van der Waals surface area contributed by atoms with E-state index in [2.05, 4.69) is 5.32 Å². The van der Waals surface area contributed by atoms with Crippen molar-refractivity contribution in [1.82, 2.24) is 5.32 Å². The Morgan fingerprint density at radius 2 is 2.40 bits per heavy atom. The van der Waals surface area contributed by atoms with Crippen molar-refractivity contribution < 1.29 is 19.7 Å². The molecule has 1 radical (unpaired) electrons. The molecule has 3 atom stereocenters. The summed E-state index contributed by atoms with van der Waals surface area (Å²) < 4.78 is 5.24. The maximum atomic E-state index is 10.9.